The van der Waals surface area contributed by atoms with E-state index in [1.165, 1.54) is 0 Å². The molecule has 0 aromatic heterocycles. The van der Waals surface area contributed by atoms with E-state index in [0.717, 1.165) is 12.1 Å². The van der Waals surface area contributed by atoms with Gasteiger partial charge in [0, 0.05) is 5.92 Å². The van der Waals surface area contributed by atoms with E-state index in [1.54, 1.807) is 6.92 Å². The molecule has 0 fully saturated rings. The zero-order chi connectivity index (χ0) is 12.3. The molecule has 16 heavy (non-hydrogen) atoms. The predicted molar refractivity (Wildman–Crippen MR) is 53.0 cm³/mol. The Balaban J connectivity index is 2.97. The summed E-state index contributed by atoms with van der Waals surface area (Å²) >= 11 is 0. The van der Waals surface area contributed by atoms with Gasteiger partial charge in [0.2, 0.25) is 5.91 Å². The Kier molecular flexibility index (Phi) is 3.93. The van der Waals surface area contributed by atoms with Crippen LogP contribution in [0, 0.1) is 23.4 Å². The lowest BCUT2D eigenvalue weighted by atomic mass is 9.96. The summed E-state index contributed by atoms with van der Waals surface area (Å²) in [5.74, 6) is -5.16. The summed E-state index contributed by atoms with van der Waals surface area (Å²) in [5.41, 5.74) is 5.05. The van der Waals surface area contributed by atoms with Crippen molar-refractivity contribution in [3.05, 3.63) is 35.1 Å². The van der Waals surface area contributed by atoms with Crippen LogP contribution in [0.1, 0.15) is 18.9 Å². The molecule has 0 saturated heterocycles. The van der Waals surface area contributed by atoms with Crippen molar-refractivity contribution in [2.75, 3.05) is 0 Å². The van der Waals surface area contributed by atoms with Gasteiger partial charge in [0.05, 0.1) is 0 Å². The first-order chi connectivity index (χ1) is 7.47. The summed E-state index contributed by atoms with van der Waals surface area (Å²) in [7, 11) is 0. The van der Waals surface area contributed by atoms with Crippen LogP contribution in [0.25, 0.3) is 0 Å². The number of benzene rings is 1. The molecule has 0 aliphatic heterocycles. The second kappa shape index (κ2) is 5.01. The van der Waals surface area contributed by atoms with Gasteiger partial charge in [-0.05, 0) is 24.5 Å². The van der Waals surface area contributed by atoms with Gasteiger partial charge >= 0.3 is 0 Å². The fraction of sp³-hybridized carbons (Fsp3) is 0.364. The van der Waals surface area contributed by atoms with Crippen molar-refractivity contribution < 1.29 is 18.0 Å². The molecule has 0 heterocycles. The van der Waals surface area contributed by atoms with Crippen molar-refractivity contribution in [2.24, 2.45) is 11.7 Å². The minimum absolute atomic E-state index is 0.0190. The number of hydrogen-bond donors (Lipinski definition) is 1. The highest BCUT2D eigenvalue weighted by molar-refractivity contribution is 5.76. The minimum Gasteiger partial charge on any atom is -0.369 e. The Morgan fingerprint density at radius 3 is 2.44 bits per heavy atom. The van der Waals surface area contributed by atoms with E-state index < -0.39 is 29.3 Å². The molecular formula is C11H12F3NO. The van der Waals surface area contributed by atoms with Crippen LogP contribution in [0.5, 0.6) is 0 Å². The molecule has 5 heteroatoms. The first kappa shape index (κ1) is 12.5. The second-order valence-corrected chi connectivity index (χ2v) is 3.55. The first-order valence-electron chi connectivity index (χ1n) is 4.89. The van der Waals surface area contributed by atoms with Crippen molar-refractivity contribution in [1.29, 1.82) is 0 Å². The maximum absolute atomic E-state index is 13.3. The number of primary amides is 1. The highest BCUT2D eigenvalue weighted by Gasteiger charge is 2.19. The highest BCUT2D eigenvalue weighted by Crippen LogP contribution is 2.19. The van der Waals surface area contributed by atoms with E-state index in [9.17, 15) is 18.0 Å². The van der Waals surface area contributed by atoms with Crippen molar-refractivity contribution in [2.45, 2.75) is 19.8 Å². The van der Waals surface area contributed by atoms with Crippen LogP contribution >= 0.6 is 0 Å². The highest BCUT2D eigenvalue weighted by atomic mass is 19.2. The van der Waals surface area contributed by atoms with E-state index in [2.05, 4.69) is 0 Å². The maximum Gasteiger partial charge on any atom is 0.220 e. The average molecular weight is 231 g/mol. The standard InChI is InChI=1S/C11H12F3NO/c1-2-6(11(15)16)5-7-3-4-8(12)10(14)9(7)13/h3-4,6H,2,5H2,1H3,(H2,15,16). The number of hydrogen-bond acceptors (Lipinski definition) is 1. The topological polar surface area (TPSA) is 43.1 Å². The van der Waals surface area contributed by atoms with Gasteiger partial charge < -0.3 is 5.73 Å². The molecule has 0 aliphatic carbocycles. The lowest BCUT2D eigenvalue weighted by molar-refractivity contribution is -0.121. The Labute approximate surface area is 91.3 Å². The zero-order valence-corrected chi connectivity index (χ0v) is 8.77. The normalized spacial score (nSPS) is 12.5. The van der Waals surface area contributed by atoms with E-state index >= 15 is 0 Å². The lowest BCUT2D eigenvalue weighted by Gasteiger charge is -2.11. The van der Waals surface area contributed by atoms with Crippen LogP contribution in [0.2, 0.25) is 0 Å². The van der Waals surface area contributed by atoms with E-state index in [4.69, 9.17) is 5.73 Å². The van der Waals surface area contributed by atoms with Crippen LogP contribution in [0.4, 0.5) is 13.2 Å². The number of halogens is 3. The summed E-state index contributed by atoms with van der Waals surface area (Å²) in [6.45, 7) is 1.72. The van der Waals surface area contributed by atoms with Crippen LogP contribution in [0.3, 0.4) is 0 Å². The van der Waals surface area contributed by atoms with Gasteiger partial charge in [0.1, 0.15) is 0 Å². The summed E-state index contributed by atoms with van der Waals surface area (Å²) in [6, 6.07) is 1.96. The summed E-state index contributed by atoms with van der Waals surface area (Å²) < 4.78 is 38.8. The molecular weight excluding hydrogens is 219 g/mol. The lowest BCUT2D eigenvalue weighted by Crippen LogP contribution is -2.25. The Bertz CT molecular complexity index is 406. The van der Waals surface area contributed by atoms with Gasteiger partial charge in [-0.2, -0.15) is 0 Å². The van der Waals surface area contributed by atoms with Gasteiger partial charge in [-0.25, -0.2) is 13.2 Å². The van der Waals surface area contributed by atoms with E-state index in [-0.39, 0.29) is 12.0 Å². The summed E-state index contributed by atoms with van der Waals surface area (Å²) in [5, 5.41) is 0. The molecule has 0 aliphatic rings. The van der Waals surface area contributed by atoms with Crippen molar-refractivity contribution in [1.82, 2.24) is 0 Å². The van der Waals surface area contributed by atoms with E-state index in [0.29, 0.717) is 6.42 Å². The fourth-order valence-electron chi connectivity index (χ4n) is 1.44. The molecule has 1 aromatic carbocycles. The third-order valence-corrected chi connectivity index (χ3v) is 2.48. The molecule has 1 aromatic rings. The minimum atomic E-state index is -1.52. The second-order valence-electron chi connectivity index (χ2n) is 3.55. The number of nitrogens with two attached hydrogens (primary N) is 1. The smallest absolute Gasteiger partial charge is 0.220 e. The van der Waals surface area contributed by atoms with Crippen molar-refractivity contribution >= 4 is 5.91 Å². The molecule has 88 valence electrons. The third kappa shape index (κ3) is 2.53. The Hall–Kier alpha value is -1.52. The van der Waals surface area contributed by atoms with Crippen LogP contribution in [0.15, 0.2) is 12.1 Å². The molecule has 1 unspecified atom stereocenters. The largest absolute Gasteiger partial charge is 0.369 e. The van der Waals surface area contributed by atoms with Gasteiger partial charge in [-0.1, -0.05) is 13.0 Å². The molecule has 1 rings (SSSR count). The molecule has 2 N–H and O–H groups in total. The molecule has 0 spiro atoms. The average Bonchev–Trinajstić information content (AvgIpc) is 2.25. The van der Waals surface area contributed by atoms with E-state index in [1.807, 2.05) is 0 Å². The first-order valence-corrected chi connectivity index (χ1v) is 4.89. The van der Waals surface area contributed by atoms with Crippen molar-refractivity contribution in [3.8, 4) is 0 Å². The molecule has 1 atom stereocenters. The number of carbonyl (C=O) groups is 1. The molecule has 0 radical (unpaired) electrons. The monoisotopic (exact) mass is 231 g/mol. The van der Waals surface area contributed by atoms with Crippen LogP contribution in [-0.2, 0) is 11.2 Å². The zero-order valence-electron chi connectivity index (χ0n) is 8.77. The molecule has 0 saturated carbocycles. The number of carbonyl (C=O) groups excluding carboxylic acids is 1. The van der Waals surface area contributed by atoms with Crippen LogP contribution < -0.4 is 5.73 Å². The fourth-order valence-corrected chi connectivity index (χ4v) is 1.44. The molecule has 2 nitrogen and oxygen atoms in total. The molecule has 0 bridgehead atoms. The third-order valence-electron chi connectivity index (χ3n) is 2.48. The summed E-state index contributed by atoms with van der Waals surface area (Å²) in [4.78, 5) is 10.9. The quantitative estimate of drug-likeness (QED) is 0.793. The SMILES string of the molecule is CCC(Cc1ccc(F)c(F)c1F)C(N)=O. The number of amides is 1. The molecule has 1 amide bonds. The Morgan fingerprint density at radius 1 is 1.31 bits per heavy atom. The van der Waals surface area contributed by atoms with Crippen molar-refractivity contribution in [3.63, 3.8) is 0 Å². The van der Waals surface area contributed by atoms with Gasteiger partial charge in [-0.15, -0.1) is 0 Å². The van der Waals surface area contributed by atoms with Gasteiger partial charge in [-0.3, -0.25) is 4.79 Å². The predicted octanol–water partition coefficient (Wildman–Crippen LogP) is 2.16. The maximum atomic E-state index is 13.3. The van der Waals surface area contributed by atoms with Gasteiger partial charge in [0.25, 0.3) is 0 Å². The Morgan fingerprint density at radius 2 is 1.94 bits per heavy atom. The summed E-state index contributed by atoms with van der Waals surface area (Å²) in [6.07, 6.45) is 0.405. The van der Waals surface area contributed by atoms with Crippen LogP contribution in [-0.4, -0.2) is 5.91 Å². The number of rotatable bonds is 4. The van der Waals surface area contributed by atoms with Gasteiger partial charge in [0.15, 0.2) is 17.5 Å².